The van der Waals surface area contributed by atoms with E-state index in [1.165, 1.54) is 6.42 Å². The maximum Gasteiger partial charge on any atom is 0.0498 e. The average molecular weight is 189 g/mol. The normalized spacial score (nSPS) is 44.8. The molecule has 1 saturated carbocycles. The molecule has 0 bridgehead atoms. The van der Waals surface area contributed by atoms with E-state index in [1.54, 1.807) is 0 Å². The molecule has 1 saturated heterocycles. The number of hydrogen-bond acceptors (Lipinski definition) is 1. The fourth-order valence-corrected chi connectivity index (χ4v) is 3.44. The topological polar surface area (TPSA) is 9.23 Å². The quantitative estimate of drug-likeness (QED) is 0.606. The molecule has 2 rings (SSSR count). The van der Waals surface area contributed by atoms with Crippen LogP contribution in [0.3, 0.4) is 0 Å². The molecule has 0 aromatic rings. The van der Waals surface area contributed by atoms with Crippen LogP contribution in [0, 0.1) is 23.2 Å². The van der Waals surface area contributed by atoms with E-state index in [1.807, 2.05) is 0 Å². The van der Waals surface area contributed by atoms with Crippen LogP contribution in [0.4, 0.5) is 0 Å². The molecule has 0 spiro atoms. The van der Waals surface area contributed by atoms with Crippen LogP contribution in [0.25, 0.3) is 0 Å². The molecule has 2 heteroatoms. The fourth-order valence-electron chi connectivity index (χ4n) is 2.85. The predicted octanol–water partition coefficient (Wildman–Crippen LogP) is 2.53. The zero-order valence-electron chi connectivity index (χ0n) is 7.85. The van der Waals surface area contributed by atoms with E-state index >= 15 is 0 Å². The van der Waals surface area contributed by atoms with Crippen molar-refractivity contribution in [3.8, 4) is 0 Å². The highest BCUT2D eigenvalue weighted by Gasteiger charge is 2.60. The van der Waals surface area contributed by atoms with Crippen molar-refractivity contribution in [2.75, 3.05) is 19.1 Å². The van der Waals surface area contributed by atoms with Gasteiger partial charge in [0.15, 0.2) is 0 Å². The number of halogens is 1. The summed E-state index contributed by atoms with van der Waals surface area (Å²) in [6.07, 6.45) is 1.25. The van der Waals surface area contributed by atoms with Crippen LogP contribution >= 0.6 is 11.6 Å². The van der Waals surface area contributed by atoms with Gasteiger partial charge in [-0.05, 0) is 29.6 Å². The molecule has 2 aliphatic rings. The molecule has 1 aliphatic carbocycles. The van der Waals surface area contributed by atoms with Gasteiger partial charge in [-0.3, -0.25) is 0 Å². The van der Waals surface area contributed by atoms with Gasteiger partial charge in [-0.15, -0.1) is 11.6 Å². The van der Waals surface area contributed by atoms with Crippen molar-refractivity contribution < 1.29 is 4.74 Å². The number of ether oxygens (including phenoxy) is 1. The number of alkyl halides is 1. The van der Waals surface area contributed by atoms with Crippen molar-refractivity contribution >= 4 is 11.6 Å². The van der Waals surface area contributed by atoms with Gasteiger partial charge in [0.05, 0.1) is 0 Å². The Morgan fingerprint density at radius 1 is 1.50 bits per heavy atom. The minimum Gasteiger partial charge on any atom is -0.381 e. The molecule has 1 nitrogen and oxygen atoms in total. The Balaban J connectivity index is 1.97. The molecule has 0 aromatic carbocycles. The summed E-state index contributed by atoms with van der Waals surface area (Å²) in [5.74, 6) is 3.20. The van der Waals surface area contributed by atoms with Crippen LogP contribution in [0.1, 0.15) is 20.3 Å². The maximum atomic E-state index is 5.92. The Hall–Kier alpha value is 0.250. The van der Waals surface area contributed by atoms with E-state index in [0.29, 0.717) is 5.41 Å². The second kappa shape index (κ2) is 2.88. The second-order valence-electron chi connectivity index (χ2n) is 4.73. The zero-order valence-corrected chi connectivity index (χ0v) is 8.60. The molecule has 0 aromatic heterocycles. The molecule has 0 radical (unpaired) electrons. The lowest BCUT2D eigenvalue weighted by Crippen LogP contribution is -2.06. The molecule has 3 atom stereocenters. The highest BCUT2D eigenvalue weighted by Crippen LogP contribution is 2.63. The highest BCUT2D eigenvalue weighted by molar-refractivity contribution is 6.18. The van der Waals surface area contributed by atoms with Crippen LogP contribution < -0.4 is 0 Å². The first-order chi connectivity index (χ1) is 5.68. The first kappa shape index (κ1) is 8.83. The fraction of sp³-hybridized carbons (Fsp3) is 1.00. The van der Waals surface area contributed by atoms with Crippen molar-refractivity contribution in [1.82, 2.24) is 0 Å². The third-order valence-electron chi connectivity index (χ3n) is 3.78. The van der Waals surface area contributed by atoms with Gasteiger partial charge >= 0.3 is 0 Å². The molecule has 3 unspecified atom stereocenters. The summed E-state index contributed by atoms with van der Waals surface area (Å²) in [5, 5.41) is 0. The van der Waals surface area contributed by atoms with Crippen molar-refractivity contribution in [2.24, 2.45) is 23.2 Å². The molecule has 2 fully saturated rings. The van der Waals surface area contributed by atoms with Crippen molar-refractivity contribution in [2.45, 2.75) is 20.3 Å². The average Bonchev–Trinajstić information content (AvgIpc) is 2.50. The molecule has 12 heavy (non-hydrogen) atoms. The van der Waals surface area contributed by atoms with Crippen LogP contribution in [-0.4, -0.2) is 19.1 Å². The van der Waals surface area contributed by atoms with Crippen molar-refractivity contribution in [3.63, 3.8) is 0 Å². The third kappa shape index (κ3) is 1.18. The Labute approximate surface area is 79.4 Å². The van der Waals surface area contributed by atoms with Gasteiger partial charge in [0.1, 0.15) is 0 Å². The molecule has 0 N–H and O–H groups in total. The van der Waals surface area contributed by atoms with Crippen molar-refractivity contribution in [1.29, 1.82) is 0 Å². The smallest absolute Gasteiger partial charge is 0.0498 e. The van der Waals surface area contributed by atoms with Crippen LogP contribution in [0.15, 0.2) is 0 Å². The molecular weight excluding hydrogens is 172 g/mol. The van der Waals surface area contributed by atoms with Gasteiger partial charge in [-0.2, -0.15) is 0 Å². The highest BCUT2D eigenvalue weighted by atomic mass is 35.5. The van der Waals surface area contributed by atoms with Crippen LogP contribution in [0.5, 0.6) is 0 Å². The van der Waals surface area contributed by atoms with Gasteiger partial charge < -0.3 is 4.74 Å². The van der Waals surface area contributed by atoms with E-state index < -0.39 is 0 Å². The second-order valence-corrected chi connectivity index (χ2v) is 5.04. The monoisotopic (exact) mass is 188 g/mol. The molecule has 1 aliphatic heterocycles. The third-order valence-corrected chi connectivity index (χ3v) is 4.11. The summed E-state index contributed by atoms with van der Waals surface area (Å²) >= 11 is 5.92. The van der Waals surface area contributed by atoms with Gasteiger partial charge in [-0.25, -0.2) is 0 Å². The zero-order chi connectivity index (χ0) is 8.77. The number of hydrogen-bond donors (Lipinski definition) is 0. The lowest BCUT2D eigenvalue weighted by atomic mass is 9.97. The molecule has 1 heterocycles. The Kier molecular flexibility index (Phi) is 2.12. The first-order valence-corrected chi connectivity index (χ1v) is 5.35. The summed E-state index contributed by atoms with van der Waals surface area (Å²) in [5.41, 5.74) is 0.486. The van der Waals surface area contributed by atoms with E-state index in [4.69, 9.17) is 16.3 Å². The lowest BCUT2D eigenvalue weighted by molar-refractivity contribution is 0.178. The van der Waals surface area contributed by atoms with E-state index in [0.717, 1.165) is 36.8 Å². The molecular formula is C10H17ClO. The molecule has 70 valence electrons. The summed E-state index contributed by atoms with van der Waals surface area (Å²) in [7, 11) is 0. The van der Waals surface area contributed by atoms with Gasteiger partial charge in [0, 0.05) is 19.1 Å². The van der Waals surface area contributed by atoms with Gasteiger partial charge in [0.25, 0.3) is 0 Å². The summed E-state index contributed by atoms with van der Waals surface area (Å²) < 4.78 is 5.40. The SMILES string of the molecule is CC1(C)C(CCl)C1C1CCOC1. The largest absolute Gasteiger partial charge is 0.381 e. The van der Waals surface area contributed by atoms with Crippen LogP contribution in [-0.2, 0) is 4.74 Å². The summed E-state index contributed by atoms with van der Waals surface area (Å²) in [4.78, 5) is 0. The number of rotatable bonds is 2. The molecule has 0 amide bonds. The summed E-state index contributed by atoms with van der Waals surface area (Å²) in [6.45, 7) is 6.61. The maximum absolute atomic E-state index is 5.92. The van der Waals surface area contributed by atoms with Crippen LogP contribution in [0.2, 0.25) is 0 Å². The Bertz CT molecular complexity index is 173. The predicted molar refractivity (Wildman–Crippen MR) is 50.4 cm³/mol. The van der Waals surface area contributed by atoms with E-state index in [9.17, 15) is 0 Å². The first-order valence-electron chi connectivity index (χ1n) is 4.81. The van der Waals surface area contributed by atoms with Gasteiger partial charge in [-0.1, -0.05) is 13.8 Å². The standard InChI is InChI=1S/C10H17ClO/c1-10(2)8(5-11)9(10)7-3-4-12-6-7/h7-9H,3-6H2,1-2H3. The Morgan fingerprint density at radius 2 is 2.25 bits per heavy atom. The minimum atomic E-state index is 0.486. The Morgan fingerprint density at radius 3 is 2.67 bits per heavy atom. The lowest BCUT2D eigenvalue weighted by Gasteiger charge is -2.07. The van der Waals surface area contributed by atoms with Gasteiger partial charge in [0.2, 0.25) is 0 Å². The minimum absolute atomic E-state index is 0.486. The summed E-state index contributed by atoms with van der Waals surface area (Å²) in [6, 6.07) is 0. The van der Waals surface area contributed by atoms with Crippen molar-refractivity contribution in [3.05, 3.63) is 0 Å². The van der Waals surface area contributed by atoms with E-state index in [-0.39, 0.29) is 0 Å². The van der Waals surface area contributed by atoms with E-state index in [2.05, 4.69) is 13.8 Å².